The summed E-state index contributed by atoms with van der Waals surface area (Å²) in [4.78, 5) is 21.5. The molecule has 0 aliphatic heterocycles. The smallest absolute Gasteiger partial charge is 0.335 e. The van der Waals surface area contributed by atoms with Gasteiger partial charge in [0.1, 0.15) is 5.75 Å². The second kappa shape index (κ2) is 6.63. The number of ether oxygens (including phenoxy) is 1. The lowest BCUT2D eigenvalue weighted by Gasteiger charge is -2.02. The van der Waals surface area contributed by atoms with Crippen LogP contribution in [0.5, 0.6) is 5.75 Å². The van der Waals surface area contributed by atoms with Gasteiger partial charge < -0.3 is 9.84 Å². The zero-order chi connectivity index (χ0) is 11.3. The topological polar surface area (TPSA) is 63.6 Å². The van der Waals surface area contributed by atoms with Gasteiger partial charge in [0.15, 0.2) is 0 Å². The lowest BCUT2D eigenvalue weighted by molar-refractivity contribution is -0.133. The summed E-state index contributed by atoms with van der Waals surface area (Å²) in [5.41, 5.74) is 0.151. The first-order valence-electron chi connectivity index (χ1n) is 4.28. The Morgan fingerprint density at radius 3 is 2.31 bits per heavy atom. The fraction of sp³-hybridized carbons (Fsp3) is 0.0909. The Bertz CT molecular complexity index is 383. The first kappa shape index (κ1) is 14.2. The summed E-state index contributed by atoms with van der Waals surface area (Å²) in [5, 5.41) is 8.62. The number of carbonyl (C=O) groups is 2. The van der Waals surface area contributed by atoms with Crippen LogP contribution in [0.15, 0.2) is 36.9 Å². The number of benzene rings is 1. The van der Waals surface area contributed by atoms with Gasteiger partial charge in [-0.15, -0.1) is 19.0 Å². The predicted molar refractivity (Wildman–Crippen MR) is 61.1 cm³/mol. The molecule has 0 radical (unpaired) electrons. The van der Waals surface area contributed by atoms with Crippen molar-refractivity contribution in [3.8, 4) is 5.75 Å². The van der Waals surface area contributed by atoms with Crippen LogP contribution in [-0.4, -0.2) is 17.0 Å². The minimum absolute atomic E-state index is 0. The average molecular weight is 243 g/mol. The molecule has 1 aromatic carbocycles. The first-order chi connectivity index (χ1) is 7.13. The van der Waals surface area contributed by atoms with Crippen LogP contribution in [-0.2, 0) is 4.79 Å². The summed E-state index contributed by atoms with van der Waals surface area (Å²) >= 11 is 0. The van der Waals surface area contributed by atoms with Gasteiger partial charge in [0.05, 0.1) is 12.0 Å². The minimum atomic E-state index is -1.01. The Morgan fingerprint density at radius 1 is 1.31 bits per heavy atom. The van der Waals surface area contributed by atoms with Crippen molar-refractivity contribution in [2.45, 2.75) is 6.42 Å². The largest absolute Gasteiger partial charge is 0.478 e. The molecule has 0 bridgehead atoms. The van der Waals surface area contributed by atoms with Crippen LogP contribution in [0.2, 0.25) is 0 Å². The molecule has 0 heterocycles. The lowest BCUT2D eigenvalue weighted by atomic mass is 10.2. The van der Waals surface area contributed by atoms with E-state index in [9.17, 15) is 9.59 Å². The maximum Gasteiger partial charge on any atom is 0.335 e. The monoisotopic (exact) mass is 242 g/mol. The summed E-state index contributed by atoms with van der Waals surface area (Å²) < 4.78 is 4.89. The second-order valence-electron chi connectivity index (χ2n) is 2.80. The lowest BCUT2D eigenvalue weighted by Crippen LogP contribution is -2.06. The SMILES string of the molecule is C=CCC(=O)Oc1ccc(C(=O)O)cc1.Cl. The number of carboxylic acid groups (broad SMARTS) is 1. The Morgan fingerprint density at radius 2 is 1.88 bits per heavy atom. The van der Waals surface area contributed by atoms with Crippen LogP contribution in [0.3, 0.4) is 0 Å². The van der Waals surface area contributed by atoms with Gasteiger partial charge in [-0.1, -0.05) is 6.08 Å². The molecule has 0 atom stereocenters. The highest BCUT2D eigenvalue weighted by molar-refractivity contribution is 5.87. The Kier molecular flexibility index (Phi) is 5.88. The summed E-state index contributed by atoms with van der Waals surface area (Å²) in [7, 11) is 0. The zero-order valence-electron chi connectivity index (χ0n) is 8.38. The van der Waals surface area contributed by atoms with E-state index in [0.29, 0.717) is 5.75 Å². The van der Waals surface area contributed by atoms with Crippen molar-refractivity contribution >= 4 is 24.3 Å². The number of carboxylic acids is 1. The molecule has 0 saturated carbocycles. The highest BCUT2D eigenvalue weighted by Gasteiger charge is 2.04. The standard InChI is InChI=1S/C11H10O4.ClH/c1-2-3-10(12)15-9-6-4-8(5-7-9)11(13)14;/h2,4-7H,1,3H2,(H,13,14);1H. The van der Waals surface area contributed by atoms with Gasteiger partial charge in [0.25, 0.3) is 0 Å². The molecule has 0 amide bonds. The summed E-state index contributed by atoms with van der Waals surface area (Å²) in [6.07, 6.45) is 1.56. The van der Waals surface area contributed by atoms with Crippen LogP contribution in [0.4, 0.5) is 0 Å². The third-order valence-electron chi connectivity index (χ3n) is 1.64. The zero-order valence-corrected chi connectivity index (χ0v) is 9.20. The summed E-state index contributed by atoms with van der Waals surface area (Å²) in [6, 6.07) is 5.62. The Labute approximate surface area is 99.0 Å². The second-order valence-corrected chi connectivity index (χ2v) is 2.80. The third kappa shape index (κ3) is 4.14. The van der Waals surface area contributed by atoms with E-state index >= 15 is 0 Å². The van der Waals surface area contributed by atoms with E-state index in [1.54, 1.807) is 0 Å². The number of halogens is 1. The van der Waals surface area contributed by atoms with Gasteiger partial charge in [-0.2, -0.15) is 0 Å². The number of hydrogen-bond donors (Lipinski definition) is 1. The molecule has 0 fully saturated rings. The minimum Gasteiger partial charge on any atom is -0.478 e. The molecule has 16 heavy (non-hydrogen) atoms. The molecule has 4 nitrogen and oxygen atoms in total. The number of rotatable bonds is 4. The van der Waals surface area contributed by atoms with E-state index in [0.717, 1.165) is 0 Å². The van der Waals surface area contributed by atoms with Crippen molar-refractivity contribution in [2.75, 3.05) is 0 Å². The number of carbonyl (C=O) groups excluding carboxylic acids is 1. The van der Waals surface area contributed by atoms with Gasteiger partial charge in [-0.3, -0.25) is 4.79 Å². The van der Waals surface area contributed by atoms with Crippen LogP contribution in [0, 0.1) is 0 Å². The molecule has 0 saturated heterocycles. The van der Waals surface area contributed by atoms with Crippen LogP contribution in [0.1, 0.15) is 16.8 Å². The van der Waals surface area contributed by atoms with Gasteiger partial charge in [0.2, 0.25) is 0 Å². The molecule has 0 aliphatic carbocycles. The van der Waals surface area contributed by atoms with Crippen LogP contribution >= 0.6 is 12.4 Å². The maximum atomic E-state index is 11.0. The van der Waals surface area contributed by atoms with Crippen LogP contribution in [0.25, 0.3) is 0 Å². The molecular formula is C11H11ClO4. The fourth-order valence-corrected chi connectivity index (χ4v) is 0.957. The maximum absolute atomic E-state index is 11.0. The number of aromatic carboxylic acids is 1. The molecule has 0 unspecified atom stereocenters. The van der Waals surface area contributed by atoms with E-state index in [2.05, 4.69) is 6.58 Å². The average Bonchev–Trinajstić information content (AvgIpc) is 2.18. The molecule has 0 aliphatic rings. The van der Waals surface area contributed by atoms with Gasteiger partial charge in [-0.25, -0.2) is 4.79 Å². The first-order valence-corrected chi connectivity index (χ1v) is 4.28. The highest BCUT2D eigenvalue weighted by atomic mass is 35.5. The van der Waals surface area contributed by atoms with Crippen molar-refractivity contribution in [2.24, 2.45) is 0 Å². The van der Waals surface area contributed by atoms with Gasteiger partial charge >= 0.3 is 11.9 Å². The molecule has 1 N–H and O–H groups in total. The highest BCUT2D eigenvalue weighted by Crippen LogP contribution is 2.12. The van der Waals surface area contributed by atoms with Crippen molar-refractivity contribution < 1.29 is 19.4 Å². The Hall–Kier alpha value is -1.81. The molecule has 86 valence electrons. The van der Waals surface area contributed by atoms with Crippen LogP contribution < -0.4 is 4.74 Å². The third-order valence-corrected chi connectivity index (χ3v) is 1.64. The molecule has 0 aromatic heterocycles. The molecular weight excluding hydrogens is 232 g/mol. The van der Waals surface area contributed by atoms with Crippen molar-refractivity contribution in [3.05, 3.63) is 42.5 Å². The predicted octanol–water partition coefficient (Wildman–Crippen LogP) is 2.29. The quantitative estimate of drug-likeness (QED) is 0.500. The van der Waals surface area contributed by atoms with Crippen molar-refractivity contribution in [1.29, 1.82) is 0 Å². The molecule has 1 rings (SSSR count). The van der Waals surface area contributed by atoms with E-state index < -0.39 is 11.9 Å². The van der Waals surface area contributed by atoms with E-state index in [-0.39, 0.29) is 24.4 Å². The number of esters is 1. The van der Waals surface area contributed by atoms with Gasteiger partial charge in [0, 0.05) is 0 Å². The fourth-order valence-electron chi connectivity index (χ4n) is 0.957. The molecule has 1 aromatic rings. The van der Waals surface area contributed by atoms with Crippen molar-refractivity contribution in [1.82, 2.24) is 0 Å². The normalized spacial score (nSPS) is 8.75. The molecule has 0 spiro atoms. The number of hydrogen-bond acceptors (Lipinski definition) is 3. The van der Waals surface area contributed by atoms with E-state index in [1.807, 2.05) is 0 Å². The molecule has 5 heteroatoms. The van der Waals surface area contributed by atoms with Gasteiger partial charge in [-0.05, 0) is 24.3 Å². The van der Waals surface area contributed by atoms with E-state index in [1.165, 1.54) is 30.3 Å². The Balaban J connectivity index is 0.00000225. The van der Waals surface area contributed by atoms with E-state index in [4.69, 9.17) is 9.84 Å². The van der Waals surface area contributed by atoms with Crippen molar-refractivity contribution in [3.63, 3.8) is 0 Å². The summed E-state index contributed by atoms with van der Waals surface area (Å²) in [6.45, 7) is 3.40. The summed E-state index contributed by atoms with van der Waals surface area (Å²) in [5.74, 6) is -1.11.